The van der Waals surface area contributed by atoms with Crippen molar-refractivity contribution in [3.63, 3.8) is 0 Å². The lowest BCUT2D eigenvalue weighted by molar-refractivity contribution is -0.139. The molecule has 4 aliphatic rings. The lowest BCUT2D eigenvalue weighted by Gasteiger charge is -2.44. The van der Waals surface area contributed by atoms with E-state index in [1.165, 1.54) is 18.9 Å². The number of amides is 1. The van der Waals surface area contributed by atoms with Crippen molar-refractivity contribution >= 4 is 33.2 Å². The van der Waals surface area contributed by atoms with Gasteiger partial charge in [-0.05, 0) is 101 Å². The maximum absolute atomic E-state index is 13.6. The van der Waals surface area contributed by atoms with Gasteiger partial charge in [-0.25, -0.2) is 13.1 Å². The van der Waals surface area contributed by atoms with E-state index in [2.05, 4.69) is 20.6 Å². The molecular formula is C35H46ClN3O7S. The molecule has 3 aliphatic heterocycles. The minimum absolute atomic E-state index is 0.0208. The van der Waals surface area contributed by atoms with Crippen LogP contribution in [-0.2, 0) is 30.9 Å². The Kier molecular flexibility index (Phi) is 10.7. The third-order valence-electron chi connectivity index (χ3n) is 9.73. The second kappa shape index (κ2) is 14.7. The van der Waals surface area contributed by atoms with Crippen molar-refractivity contribution in [3.8, 4) is 11.5 Å². The highest BCUT2D eigenvalue weighted by Crippen LogP contribution is 2.42. The van der Waals surface area contributed by atoms with Crippen molar-refractivity contribution < 1.29 is 32.2 Å². The van der Waals surface area contributed by atoms with Crippen LogP contribution in [0.5, 0.6) is 11.5 Å². The van der Waals surface area contributed by atoms with E-state index in [-0.39, 0.29) is 30.1 Å². The van der Waals surface area contributed by atoms with Crippen molar-refractivity contribution in [3.05, 3.63) is 59.1 Å². The minimum atomic E-state index is -4.21. The second-order valence-corrected chi connectivity index (χ2v) is 15.5. The van der Waals surface area contributed by atoms with Crippen LogP contribution in [0.1, 0.15) is 51.5 Å². The van der Waals surface area contributed by atoms with E-state index in [9.17, 15) is 13.2 Å². The summed E-state index contributed by atoms with van der Waals surface area (Å²) < 4.78 is 54.3. The number of nitrogens with one attached hydrogen (secondary N) is 1. The number of ether oxygens (including phenoxy) is 4. The van der Waals surface area contributed by atoms with Crippen LogP contribution in [0.2, 0.25) is 5.02 Å². The van der Waals surface area contributed by atoms with Gasteiger partial charge in [0, 0.05) is 30.2 Å². The number of rotatable bonds is 4. The van der Waals surface area contributed by atoms with Gasteiger partial charge in [0.05, 0.1) is 36.5 Å². The van der Waals surface area contributed by atoms with Gasteiger partial charge < -0.3 is 28.7 Å². The number of nitrogens with zero attached hydrogens (tertiary/aromatic N) is 2. The number of carbonyl (C=O) groups is 1. The fourth-order valence-electron chi connectivity index (χ4n) is 6.72. The smallest absolute Gasteiger partial charge is 0.265 e. The highest BCUT2D eigenvalue weighted by molar-refractivity contribution is 7.90. The molecule has 47 heavy (non-hydrogen) atoms. The summed E-state index contributed by atoms with van der Waals surface area (Å²) in [5, 5.41) is 0.581. The van der Waals surface area contributed by atoms with Crippen LogP contribution in [0.4, 0.5) is 5.69 Å². The number of benzene rings is 2. The van der Waals surface area contributed by atoms with Crippen LogP contribution in [0.25, 0.3) is 0 Å². The molecule has 256 valence electrons. The van der Waals surface area contributed by atoms with E-state index in [1.807, 2.05) is 12.1 Å². The van der Waals surface area contributed by atoms with Gasteiger partial charge in [0.25, 0.3) is 15.9 Å². The topological polar surface area (TPSA) is 107 Å². The van der Waals surface area contributed by atoms with Crippen LogP contribution >= 0.6 is 11.6 Å². The molecule has 0 radical (unpaired) electrons. The molecule has 2 bridgehead atoms. The molecular weight excluding hydrogens is 642 g/mol. The molecule has 1 N–H and O–H groups in total. The largest absolute Gasteiger partial charge is 0.493 e. The summed E-state index contributed by atoms with van der Waals surface area (Å²) in [6.45, 7) is 9.07. The number of likely N-dealkylation sites (tertiary alicyclic amines) is 1. The summed E-state index contributed by atoms with van der Waals surface area (Å²) in [6.07, 6.45) is 9.10. The molecule has 1 saturated carbocycles. The second-order valence-electron chi connectivity index (χ2n) is 13.4. The number of hydrogen-bond donors (Lipinski definition) is 1. The first kappa shape index (κ1) is 34.0. The summed E-state index contributed by atoms with van der Waals surface area (Å²) in [5.74, 6) is 1.08. The van der Waals surface area contributed by atoms with Gasteiger partial charge in [-0.1, -0.05) is 29.8 Å². The number of sulfonamides is 1. The zero-order valence-electron chi connectivity index (χ0n) is 27.3. The molecule has 1 saturated heterocycles. The summed E-state index contributed by atoms with van der Waals surface area (Å²) in [6, 6.07) is 10.2. The van der Waals surface area contributed by atoms with Crippen LogP contribution in [0.3, 0.4) is 0 Å². The Labute approximate surface area is 283 Å². The summed E-state index contributed by atoms with van der Waals surface area (Å²) in [4.78, 5) is 17.9. The van der Waals surface area contributed by atoms with E-state index in [4.69, 9.17) is 30.5 Å². The average molecular weight is 688 g/mol. The number of halogens is 1. The Morgan fingerprint density at radius 2 is 1.85 bits per heavy atom. The quantitative estimate of drug-likeness (QED) is 0.435. The van der Waals surface area contributed by atoms with Crippen molar-refractivity contribution in [2.24, 2.45) is 11.8 Å². The molecule has 0 unspecified atom stereocenters. The van der Waals surface area contributed by atoms with Gasteiger partial charge in [0.15, 0.2) is 0 Å². The predicted molar refractivity (Wildman–Crippen MR) is 181 cm³/mol. The number of carbonyl (C=O) groups excluding carboxylic acids is 1. The highest BCUT2D eigenvalue weighted by atomic mass is 35.5. The summed E-state index contributed by atoms with van der Waals surface area (Å²) >= 11 is 6.27. The predicted octanol–water partition coefficient (Wildman–Crippen LogP) is 5.19. The van der Waals surface area contributed by atoms with Crippen molar-refractivity contribution in [1.82, 2.24) is 9.62 Å². The van der Waals surface area contributed by atoms with Gasteiger partial charge in [-0.3, -0.25) is 4.79 Å². The van der Waals surface area contributed by atoms with Gasteiger partial charge in [-0.15, -0.1) is 0 Å². The van der Waals surface area contributed by atoms with Gasteiger partial charge in [0.2, 0.25) is 0 Å². The van der Waals surface area contributed by atoms with E-state index < -0.39 is 21.5 Å². The molecule has 3 atom stereocenters. The molecule has 2 aromatic carbocycles. The third kappa shape index (κ3) is 8.25. The maximum atomic E-state index is 13.6. The molecule has 1 aliphatic carbocycles. The molecule has 0 aromatic heterocycles. The van der Waals surface area contributed by atoms with Crippen molar-refractivity contribution in [2.45, 2.75) is 69.2 Å². The highest BCUT2D eigenvalue weighted by Gasteiger charge is 2.39. The first-order valence-electron chi connectivity index (χ1n) is 16.7. The Hall–Kier alpha value is -2.83. The van der Waals surface area contributed by atoms with E-state index in [1.54, 1.807) is 38.1 Å². The zero-order valence-corrected chi connectivity index (χ0v) is 28.9. The standard InChI is InChI=1S/C35H46ClN3O7S/c1-35(2)34(40)37-47(41,42)28-11-13-32-30(22-28)39(16-6-18-43-33-21-27(36)10-8-26(33)24-45-32)23-25-9-12-29(25)31(7-5-19-46-35)44-20-17-38-14-3-4-15-38/h5,7-8,10-11,13,21-22,25,29,31H,3-4,6,9,12,14-20,23-24H2,1-2H3,(H,37,40)/b7-5+/t25-,29+,31-/m0/s1. The number of hydrogen-bond acceptors (Lipinski definition) is 9. The molecule has 12 heteroatoms. The monoisotopic (exact) mass is 687 g/mol. The summed E-state index contributed by atoms with van der Waals surface area (Å²) in [5.41, 5.74) is 0.116. The van der Waals surface area contributed by atoms with Crippen molar-refractivity contribution in [2.75, 3.05) is 57.4 Å². The van der Waals surface area contributed by atoms with Gasteiger partial charge in [0.1, 0.15) is 23.7 Å². The lowest BCUT2D eigenvalue weighted by atomic mass is 9.70. The molecule has 2 aromatic rings. The first-order chi connectivity index (χ1) is 22.6. The minimum Gasteiger partial charge on any atom is -0.493 e. The van der Waals surface area contributed by atoms with Crippen LogP contribution in [-0.4, -0.2) is 83.5 Å². The normalized spacial score (nSPS) is 27.1. The SMILES string of the molecule is CC1(C)OC/C=C/[C@H](OCCN2CCCC2)[C@@H]2CC[C@H]2CN2CCCOc3cc(Cl)ccc3COc3ccc(cc32)S(=O)(=O)NC1=O. The number of anilines is 1. The average Bonchev–Trinajstić information content (AvgIpc) is 3.53. The molecule has 0 spiro atoms. The fraction of sp³-hybridized carbons (Fsp3) is 0.571. The maximum Gasteiger partial charge on any atom is 0.265 e. The summed E-state index contributed by atoms with van der Waals surface area (Å²) in [7, 11) is -4.21. The molecule has 1 amide bonds. The first-order valence-corrected chi connectivity index (χ1v) is 18.6. The van der Waals surface area contributed by atoms with Gasteiger partial charge >= 0.3 is 0 Å². The Morgan fingerprint density at radius 3 is 2.64 bits per heavy atom. The van der Waals surface area contributed by atoms with E-state index in [0.717, 1.165) is 38.0 Å². The Morgan fingerprint density at radius 1 is 1.02 bits per heavy atom. The lowest BCUT2D eigenvalue weighted by Crippen LogP contribution is -2.47. The molecule has 3 heterocycles. The molecule has 10 nitrogen and oxygen atoms in total. The molecule has 6 rings (SSSR count). The molecule has 2 fully saturated rings. The van der Waals surface area contributed by atoms with E-state index in [0.29, 0.717) is 60.9 Å². The van der Waals surface area contributed by atoms with Crippen LogP contribution < -0.4 is 19.1 Å². The fourth-order valence-corrected chi connectivity index (χ4v) is 8.00. The third-order valence-corrected chi connectivity index (χ3v) is 11.3. The zero-order chi connectivity index (χ0) is 33.0. The van der Waals surface area contributed by atoms with Crippen molar-refractivity contribution in [1.29, 1.82) is 0 Å². The van der Waals surface area contributed by atoms with Crippen LogP contribution in [0.15, 0.2) is 53.4 Å². The Balaban J connectivity index is 1.33. The van der Waals surface area contributed by atoms with E-state index >= 15 is 0 Å². The van der Waals surface area contributed by atoms with Gasteiger partial charge in [-0.2, -0.15) is 0 Å². The number of fused-ring (bicyclic) bond motifs is 3. The Bertz CT molecular complexity index is 1560. The van der Waals surface area contributed by atoms with Crippen LogP contribution in [0, 0.1) is 11.8 Å².